The lowest BCUT2D eigenvalue weighted by atomic mass is 10.1. The molecule has 0 spiro atoms. The maximum Gasteiger partial charge on any atom is 0.306 e. The summed E-state index contributed by atoms with van der Waals surface area (Å²) >= 11 is 0. The molecule has 0 aromatic heterocycles. The fourth-order valence-electron chi connectivity index (χ4n) is 5.81. The highest BCUT2D eigenvalue weighted by Gasteiger charge is 2.19. The number of ether oxygens (including phenoxy) is 3. The first kappa shape index (κ1) is 55.1. The molecule has 0 rings (SSSR count). The van der Waals surface area contributed by atoms with Crippen LogP contribution in [0.5, 0.6) is 0 Å². The van der Waals surface area contributed by atoms with Crippen molar-refractivity contribution in [2.45, 2.75) is 194 Å². The average Bonchev–Trinajstić information content (AvgIpc) is 3.23. The summed E-state index contributed by atoms with van der Waals surface area (Å²) in [7, 11) is 0. The molecule has 59 heavy (non-hydrogen) atoms. The summed E-state index contributed by atoms with van der Waals surface area (Å²) in [6.07, 6.45) is 62.3. The molecule has 6 nitrogen and oxygen atoms in total. The lowest BCUT2D eigenvalue weighted by molar-refractivity contribution is -0.167. The number of unbranched alkanes of at least 4 members (excludes halogenated alkanes) is 11. The Balaban J connectivity index is 4.45. The molecule has 0 saturated heterocycles. The number of allylic oxidation sites excluding steroid dienone is 18. The Hall–Kier alpha value is -3.93. The van der Waals surface area contributed by atoms with Crippen molar-refractivity contribution < 1.29 is 28.6 Å². The third-order valence-electron chi connectivity index (χ3n) is 9.27. The molecule has 332 valence electrons. The molecular formula is C53H84O6. The van der Waals surface area contributed by atoms with Crippen LogP contribution in [0.1, 0.15) is 188 Å². The van der Waals surface area contributed by atoms with Gasteiger partial charge in [0.25, 0.3) is 0 Å². The van der Waals surface area contributed by atoms with Gasteiger partial charge in [0.05, 0.1) is 0 Å². The van der Waals surface area contributed by atoms with Crippen molar-refractivity contribution in [2.75, 3.05) is 13.2 Å². The highest BCUT2D eigenvalue weighted by molar-refractivity contribution is 5.71. The van der Waals surface area contributed by atoms with Crippen molar-refractivity contribution >= 4 is 17.9 Å². The molecule has 0 amide bonds. The number of rotatable bonds is 40. The van der Waals surface area contributed by atoms with Gasteiger partial charge in [-0.15, -0.1) is 0 Å². The normalized spacial score (nSPS) is 13.1. The van der Waals surface area contributed by atoms with E-state index in [0.29, 0.717) is 19.3 Å². The molecule has 0 N–H and O–H groups in total. The van der Waals surface area contributed by atoms with E-state index in [9.17, 15) is 14.4 Å². The summed E-state index contributed by atoms with van der Waals surface area (Å²) in [5.41, 5.74) is 0. The second kappa shape index (κ2) is 46.8. The Kier molecular flexibility index (Phi) is 43.6. The Morgan fingerprint density at radius 2 is 0.661 bits per heavy atom. The first-order chi connectivity index (χ1) is 29.0. The topological polar surface area (TPSA) is 78.9 Å². The minimum absolute atomic E-state index is 0.108. The highest BCUT2D eigenvalue weighted by Crippen LogP contribution is 2.11. The Bertz CT molecular complexity index is 1260. The van der Waals surface area contributed by atoms with Gasteiger partial charge in [-0.05, 0) is 103 Å². The fourth-order valence-corrected chi connectivity index (χ4v) is 5.81. The smallest absolute Gasteiger partial charge is 0.306 e. The van der Waals surface area contributed by atoms with E-state index >= 15 is 0 Å². The van der Waals surface area contributed by atoms with Gasteiger partial charge in [-0.3, -0.25) is 14.4 Å². The van der Waals surface area contributed by atoms with Crippen molar-refractivity contribution in [2.24, 2.45) is 0 Å². The van der Waals surface area contributed by atoms with E-state index < -0.39 is 6.10 Å². The van der Waals surface area contributed by atoms with Crippen molar-refractivity contribution in [1.29, 1.82) is 0 Å². The Morgan fingerprint density at radius 1 is 0.356 bits per heavy atom. The van der Waals surface area contributed by atoms with Crippen LogP contribution in [0.4, 0.5) is 0 Å². The standard InChI is InChI=1S/C53H84O6/c1-4-7-10-13-16-18-20-22-24-25-26-27-29-30-32-34-37-40-43-46-52(55)58-49-50(48-57-51(54)45-42-39-36-15-12-9-6-3)59-53(56)47-44-41-38-35-33-31-28-23-21-19-17-14-11-8-5-2/h7-8,10-11,16-19,22-24,26-28,30,32-33,35,50H,4-6,9,12-15,20-21,25,29,31,34,36-49H2,1-3H3/b10-7-,11-8-,18-16-,19-17-,24-22-,27-26-,28-23-,32-30-,35-33-. The molecule has 0 aliphatic heterocycles. The highest BCUT2D eigenvalue weighted by atomic mass is 16.6. The van der Waals surface area contributed by atoms with Gasteiger partial charge in [0, 0.05) is 19.3 Å². The van der Waals surface area contributed by atoms with Crippen LogP contribution in [-0.2, 0) is 28.6 Å². The Morgan fingerprint density at radius 3 is 1.07 bits per heavy atom. The summed E-state index contributed by atoms with van der Waals surface area (Å²) in [5, 5.41) is 0. The lowest BCUT2D eigenvalue weighted by Gasteiger charge is -2.18. The number of hydrogen-bond donors (Lipinski definition) is 0. The van der Waals surface area contributed by atoms with E-state index in [0.717, 1.165) is 116 Å². The van der Waals surface area contributed by atoms with E-state index in [1.807, 2.05) is 0 Å². The second-order valence-corrected chi connectivity index (χ2v) is 14.9. The molecule has 1 atom stereocenters. The number of carbonyl (C=O) groups is 3. The molecular weight excluding hydrogens is 733 g/mol. The molecule has 0 aromatic rings. The third kappa shape index (κ3) is 45.0. The SMILES string of the molecule is CC/C=C\C/C=C\C/C=C\C/C=C\C/C=C\CCCCCC(=O)OCC(COC(=O)CCCCCCCCC)OC(=O)CCCC/C=C\C/C=C\C/C=C\C/C=C\CC. The molecule has 0 heterocycles. The van der Waals surface area contributed by atoms with Crippen LogP contribution in [-0.4, -0.2) is 37.2 Å². The van der Waals surface area contributed by atoms with Crippen LogP contribution in [0, 0.1) is 0 Å². The number of esters is 3. The van der Waals surface area contributed by atoms with Crippen molar-refractivity contribution in [3.05, 3.63) is 109 Å². The number of hydrogen-bond acceptors (Lipinski definition) is 6. The third-order valence-corrected chi connectivity index (χ3v) is 9.27. The molecule has 0 radical (unpaired) electrons. The van der Waals surface area contributed by atoms with Crippen molar-refractivity contribution in [3.63, 3.8) is 0 Å². The molecule has 0 fully saturated rings. The van der Waals surface area contributed by atoms with Gasteiger partial charge in [0.1, 0.15) is 13.2 Å². The first-order valence-corrected chi connectivity index (χ1v) is 23.4. The molecule has 0 aliphatic rings. The van der Waals surface area contributed by atoms with Gasteiger partial charge >= 0.3 is 17.9 Å². The van der Waals surface area contributed by atoms with Gasteiger partial charge in [-0.1, -0.05) is 175 Å². The predicted molar refractivity (Wildman–Crippen MR) is 251 cm³/mol. The molecule has 0 bridgehead atoms. The predicted octanol–water partition coefficient (Wildman–Crippen LogP) is 15.2. The van der Waals surface area contributed by atoms with Gasteiger partial charge < -0.3 is 14.2 Å². The maximum atomic E-state index is 12.7. The molecule has 0 aliphatic carbocycles. The van der Waals surface area contributed by atoms with E-state index in [-0.39, 0.29) is 37.5 Å². The molecule has 6 heteroatoms. The zero-order valence-corrected chi connectivity index (χ0v) is 37.7. The second-order valence-electron chi connectivity index (χ2n) is 14.9. The summed E-state index contributed by atoms with van der Waals surface area (Å²) in [4.78, 5) is 37.7. The minimum atomic E-state index is -0.811. The summed E-state index contributed by atoms with van der Waals surface area (Å²) < 4.78 is 16.6. The average molecular weight is 817 g/mol. The number of carbonyl (C=O) groups excluding carboxylic acids is 3. The quantitative estimate of drug-likeness (QED) is 0.0265. The van der Waals surface area contributed by atoms with Crippen molar-refractivity contribution in [1.82, 2.24) is 0 Å². The zero-order chi connectivity index (χ0) is 43.0. The van der Waals surface area contributed by atoms with Crippen LogP contribution in [0.2, 0.25) is 0 Å². The summed E-state index contributed by atoms with van der Waals surface area (Å²) in [6.45, 7) is 6.27. The summed E-state index contributed by atoms with van der Waals surface area (Å²) in [5.74, 6) is -1.00. The summed E-state index contributed by atoms with van der Waals surface area (Å²) in [6, 6.07) is 0. The van der Waals surface area contributed by atoms with Crippen LogP contribution < -0.4 is 0 Å². The van der Waals surface area contributed by atoms with Gasteiger partial charge in [-0.2, -0.15) is 0 Å². The van der Waals surface area contributed by atoms with Crippen LogP contribution in [0.25, 0.3) is 0 Å². The molecule has 0 aromatic carbocycles. The van der Waals surface area contributed by atoms with Crippen LogP contribution in [0.15, 0.2) is 109 Å². The monoisotopic (exact) mass is 817 g/mol. The largest absolute Gasteiger partial charge is 0.462 e. The van der Waals surface area contributed by atoms with Crippen molar-refractivity contribution in [3.8, 4) is 0 Å². The van der Waals surface area contributed by atoms with Crippen LogP contribution in [0.3, 0.4) is 0 Å². The lowest BCUT2D eigenvalue weighted by Crippen LogP contribution is -2.30. The molecule has 0 saturated carbocycles. The van der Waals surface area contributed by atoms with E-state index in [2.05, 4.69) is 130 Å². The van der Waals surface area contributed by atoms with Gasteiger partial charge in [-0.25, -0.2) is 0 Å². The Labute approximate surface area is 361 Å². The van der Waals surface area contributed by atoms with E-state index in [4.69, 9.17) is 14.2 Å². The zero-order valence-electron chi connectivity index (χ0n) is 37.7. The van der Waals surface area contributed by atoms with E-state index in [1.54, 1.807) is 0 Å². The van der Waals surface area contributed by atoms with Gasteiger partial charge in [0.2, 0.25) is 0 Å². The van der Waals surface area contributed by atoms with Crippen LogP contribution >= 0.6 is 0 Å². The van der Waals surface area contributed by atoms with E-state index in [1.165, 1.54) is 25.7 Å². The van der Waals surface area contributed by atoms with Gasteiger partial charge in [0.15, 0.2) is 6.10 Å². The minimum Gasteiger partial charge on any atom is -0.462 e. The molecule has 1 unspecified atom stereocenters. The maximum absolute atomic E-state index is 12.7. The fraction of sp³-hybridized carbons (Fsp3) is 0.604. The first-order valence-electron chi connectivity index (χ1n) is 23.4.